The van der Waals surface area contributed by atoms with Crippen molar-refractivity contribution >= 4 is 17.6 Å². The van der Waals surface area contributed by atoms with Crippen molar-refractivity contribution in [3.8, 4) is 11.5 Å². The lowest BCUT2D eigenvalue weighted by Crippen LogP contribution is -2.34. The predicted octanol–water partition coefficient (Wildman–Crippen LogP) is 0.844. The number of hydrogen-bond donors (Lipinski definition) is 3. The van der Waals surface area contributed by atoms with Crippen molar-refractivity contribution in [3.63, 3.8) is 0 Å². The molecule has 0 saturated carbocycles. The highest BCUT2D eigenvalue weighted by molar-refractivity contribution is 5.95. The van der Waals surface area contributed by atoms with Gasteiger partial charge in [-0.25, -0.2) is 4.99 Å². The number of benzene rings is 1. The molecule has 0 aliphatic heterocycles. The Morgan fingerprint density at radius 3 is 2.50 bits per heavy atom. The minimum Gasteiger partial charge on any atom is -0.493 e. The molecule has 0 spiro atoms. The highest BCUT2D eigenvalue weighted by Gasteiger charge is 2.07. The Balaban J connectivity index is 2.71. The third-order valence-corrected chi connectivity index (χ3v) is 3.00. The normalized spacial score (nSPS) is 10.9. The van der Waals surface area contributed by atoms with Gasteiger partial charge in [0.15, 0.2) is 17.5 Å². The number of carbonyl (C=O) groups excluding carboxylic acids is 1. The summed E-state index contributed by atoms with van der Waals surface area (Å²) in [6, 6.07) is 5.43. The minimum atomic E-state index is -0.170. The lowest BCUT2D eigenvalue weighted by Gasteiger charge is -2.13. The van der Waals surface area contributed by atoms with Gasteiger partial charge in [-0.2, -0.15) is 0 Å². The van der Waals surface area contributed by atoms with Crippen LogP contribution < -0.4 is 25.4 Å². The first-order chi connectivity index (χ1) is 11.6. The number of ether oxygens (including phenoxy) is 3. The summed E-state index contributed by atoms with van der Waals surface area (Å²) in [4.78, 5) is 16.0. The van der Waals surface area contributed by atoms with Gasteiger partial charge in [0.05, 0.1) is 20.8 Å². The maximum atomic E-state index is 11.7. The van der Waals surface area contributed by atoms with Crippen molar-refractivity contribution in [2.24, 2.45) is 4.99 Å². The molecule has 1 amide bonds. The van der Waals surface area contributed by atoms with Crippen LogP contribution in [0.4, 0.5) is 5.69 Å². The van der Waals surface area contributed by atoms with Crippen molar-refractivity contribution in [3.05, 3.63) is 18.2 Å². The Hall–Kier alpha value is -2.48. The molecule has 24 heavy (non-hydrogen) atoms. The number of aliphatic imine (C=N–C) groups is 1. The fraction of sp³-hybridized carbons (Fsp3) is 0.500. The first kappa shape index (κ1) is 19.6. The minimum absolute atomic E-state index is 0.0202. The third kappa shape index (κ3) is 6.74. The van der Waals surface area contributed by atoms with Gasteiger partial charge in [-0.15, -0.1) is 0 Å². The number of hydrogen-bond acceptors (Lipinski definition) is 5. The molecule has 0 fully saturated rings. The Kier molecular flexibility index (Phi) is 9.06. The van der Waals surface area contributed by atoms with Gasteiger partial charge in [-0.3, -0.25) is 4.79 Å². The van der Waals surface area contributed by atoms with Crippen molar-refractivity contribution in [1.29, 1.82) is 0 Å². The van der Waals surface area contributed by atoms with E-state index in [2.05, 4.69) is 20.9 Å². The summed E-state index contributed by atoms with van der Waals surface area (Å²) >= 11 is 0. The van der Waals surface area contributed by atoms with Gasteiger partial charge in [-0.1, -0.05) is 0 Å². The van der Waals surface area contributed by atoms with Gasteiger partial charge < -0.3 is 30.2 Å². The average molecular weight is 338 g/mol. The number of nitrogens with one attached hydrogen (secondary N) is 3. The quantitative estimate of drug-likeness (QED) is 0.351. The summed E-state index contributed by atoms with van der Waals surface area (Å²) in [5, 5.41) is 8.92. The van der Waals surface area contributed by atoms with Crippen molar-refractivity contribution in [2.45, 2.75) is 6.92 Å². The molecule has 0 unspecified atom stereocenters. The Bertz CT molecular complexity index is 549. The van der Waals surface area contributed by atoms with Crippen molar-refractivity contribution < 1.29 is 19.0 Å². The van der Waals surface area contributed by atoms with Gasteiger partial charge in [-0.05, 0) is 19.1 Å². The van der Waals surface area contributed by atoms with Crippen LogP contribution in [-0.4, -0.2) is 59.4 Å². The number of methoxy groups -OCH3 is 3. The summed E-state index contributed by atoms with van der Waals surface area (Å²) < 4.78 is 15.4. The summed E-state index contributed by atoms with van der Waals surface area (Å²) in [7, 11) is 4.74. The number of carbonyl (C=O) groups is 1. The monoisotopic (exact) mass is 338 g/mol. The molecule has 8 heteroatoms. The molecule has 0 aliphatic rings. The molecule has 0 bridgehead atoms. The number of anilines is 1. The molecule has 0 saturated heterocycles. The van der Waals surface area contributed by atoms with E-state index in [1.165, 1.54) is 0 Å². The maximum Gasteiger partial charge on any atom is 0.241 e. The van der Waals surface area contributed by atoms with Gasteiger partial charge in [0.1, 0.15) is 6.54 Å². The zero-order chi connectivity index (χ0) is 17.8. The smallest absolute Gasteiger partial charge is 0.241 e. The molecule has 3 N–H and O–H groups in total. The third-order valence-electron chi connectivity index (χ3n) is 3.00. The van der Waals surface area contributed by atoms with Crippen LogP contribution in [0.2, 0.25) is 0 Å². The van der Waals surface area contributed by atoms with Gasteiger partial charge in [0, 0.05) is 32.0 Å². The summed E-state index contributed by atoms with van der Waals surface area (Å²) in [5.74, 6) is 1.58. The first-order valence-corrected chi connectivity index (χ1v) is 7.67. The van der Waals surface area contributed by atoms with E-state index in [1.807, 2.05) is 13.0 Å². The van der Waals surface area contributed by atoms with Crippen LogP contribution >= 0.6 is 0 Å². The molecule has 1 aromatic carbocycles. The van der Waals surface area contributed by atoms with E-state index in [-0.39, 0.29) is 12.5 Å². The standard InChI is InChI=1S/C16H26N4O4/c1-5-17-16(19-11-15(21)18-8-9-22-2)20-12-6-7-13(23-3)14(10-12)24-4/h6-7,10H,5,8-9,11H2,1-4H3,(H,18,21)(H2,17,19,20). The summed E-state index contributed by atoms with van der Waals surface area (Å²) in [6.45, 7) is 3.57. The molecule has 134 valence electrons. The molecule has 8 nitrogen and oxygen atoms in total. The average Bonchev–Trinajstić information content (AvgIpc) is 2.60. The highest BCUT2D eigenvalue weighted by Crippen LogP contribution is 2.29. The highest BCUT2D eigenvalue weighted by atomic mass is 16.5. The van der Waals surface area contributed by atoms with Crippen molar-refractivity contribution in [1.82, 2.24) is 10.6 Å². The Morgan fingerprint density at radius 1 is 1.12 bits per heavy atom. The van der Waals surface area contributed by atoms with E-state index in [0.29, 0.717) is 37.2 Å². The second-order valence-electron chi connectivity index (χ2n) is 4.73. The maximum absolute atomic E-state index is 11.7. The first-order valence-electron chi connectivity index (χ1n) is 7.67. The van der Waals surface area contributed by atoms with Crippen LogP contribution in [0, 0.1) is 0 Å². The molecule has 1 aromatic rings. The summed E-state index contributed by atoms with van der Waals surface area (Å²) in [6.07, 6.45) is 0. The fourth-order valence-electron chi connectivity index (χ4n) is 1.86. The topological polar surface area (TPSA) is 93.2 Å². The van der Waals surface area contributed by atoms with Crippen LogP contribution in [-0.2, 0) is 9.53 Å². The van der Waals surface area contributed by atoms with Crippen LogP contribution in [0.3, 0.4) is 0 Å². The Labute approximate surface area is 142 Å². The SMILES string of the molecule is CCNC(=NCC(=O)NCCOC)Nc1ccc(OC)c(OC)c1. The number of amides is 1. The number of guanidine groups is 1. The lowest BCUT2D eigenvalue weighted by atomic mass is 10.3. The van der Waals surface area contributed by atoms with E-state index in [0.717, 1.165) is 5.69 Å². The lowest BCUT2D eigenvalue weighted by molar-refractivity contribution is -0.119. The van der Waals surface area contributed by atoms with Gasteiger partial charge in [0.2, 0.25) is 5.91 Å². The van der Waals surface area contributed by atoms with Crippen molar-refractivity contribution in [2.75, 3.05) is 52.9 Å². The van der Waals surface area contributed by atoms with E-state index in [1.54, 1.807) is 33.5 Å². The molecule has 0 radical (unpaired) electrons. The molecule has 1 rings (SSSR count). The van der Waals surface area contributed by atoms with Crippen LogP contribution in [0.5, 0.6) is 11.5 Å². The van der Waals surface area contributed by atoms with Gasteiger partial charge in [0.25, 0.3) is 0 Å². The summed E-state index contributed by atoms with van der Waals surface area (Å²) in [5.41, 5.74) is 0.771. The van der Waals surface area contributed by atoms with E-state index in [9.17, 15) is 4.79 Å². The fourth-order valence-corrected chi connectivity index (χ4v) is 1.86. The van der Waals surface area contributed by atoms with Crippen LogP contribution in [0.25, 0.3) is 0 Å². The molecule has 0 aliphatic carbocycles. The molecular weight excluding hydrogens is 312 g/mol. The molecule has 0 heterocycles. The van der Waals surface area contributed by atoms with E-state index < -0.39 is 0 Å². The zero-order valence-electron chi connectivity index (χ0n) is 14.6. The molecule has 0 aromatic heterocycles. The second-order valence-corrected chi connectivity index (χ2v) is 4.73. The van der Waals surface area contributed by atoms with Gasteiger partial charge >= 0.3 is 0 Å². The van der Waals surface area contributed by atoms with Crippen LogP contribution in [0.1, 0.15) is 6.92 Å². The zero-order valence-corrected chi connectivity index (χ0v) is 14.6. The largest absolute Gasteiger partial charge is 0.493 e. The molecular formula is C16H26N4O4. The predicted molar refractivity (Wildman–Crippen MR) is 94.0 cm³/mol. The number of rotatable bonds is 9. The number of nitrogens with zero attached hydrogens (tertiary/aromatic N) is 1. The van der Waals surface area contributed by atoms with E-state index in [4.69, 9.17) is 14.2 Å². The second kappa shape index (κ2) is 11.1. The van der Waals surface area contributed by atoms with Crippen LogP contribution in [0.15, 0.2) is 23.2 Å². The molecule has 0 atom stereocenters. The van der Waals surface area contributed by atoms with E-state index >= 15 is 0 Å². The Morgan fingerprint density at radius 2 is 1.88 bits per heavy atom.